The molecular formula is C13H20N2O4. The van der Waals surface area contributed by atoms with Crippen molar-refractivity contribution in [3.63, 3.8) is 0 Å². The lowest BCUT2D eigenvalue weighted by Gasteiger charge is -2.23. The van der Waals surface area contributed by atoms with E-state index in [4.69, 9.17) is 5.11 Å². The Labute approximate surface area is 112 Å². The van der Waals surface area contributed by atoms with Crippen molar-refractivity contribution in [3.8, 4) is 0 Å². The number of hydrogen-bond acceptors (Lipinski definition) is 4. The molecule has 2 aliphatic rings. The van der Waals surface area contributed by atoms with Gasteiger partial charge in [-0.2, -0.15) is 0 Å². The zero-order valence-electron chi connectivity index (χ0n) is 11.0. The van der Waals surface area contributed by atoms with Crippen LogP contribution in [-0.4, -0.2) is 58.4 Å². The van der Waals surface area contributed by atoms with Crippen molar-refractivity contribution in [2.75, 3.05) is 19.7 Å². The van der Waals surface area contributed by atoms with Gasteiger partial charge in [0.2, 0.25) is 17.7 Å². The van der Waals surface area contributed by atoms with E-state index in [2.05, 4.69) is 0 Å². The fraction of sp³-hybridized carbons (Fsp3) is 0.769. The second-order valence-corrected chi connectivity index (χ2v) is 5.11. The van der Waals surface area contributed by atoms with Gasteiger partial charge in [0.05, 0.1) is 12.6 Å². The first-order chi connectivity index (χ1) is 9.13. The molecule has 0 bridgehead atoms. The van der Waals surface area contributed by atoms with E-state index in [9.17, 15) is 14.4 Å². The van der Waals surface area contributed by atoms with Gasteiger partial charge in [0.15, 0.2) is 0 Å². The predicted octanol–water partition coefficient (Wildman–Crippen LogP) is -0.101. The van der Waals surface area contributed by atoms with E-state index >= 15 is 0 Å². The summed E-state index contributed by atoms with van der Waals surface area (Å²) in [5.74, 6) is -0.487. The molecule has 3 amide bonds. The van der Waals surface area contributed by atoms with Gasteiger partial charge in [-0.1, -0.05) is 0 Å². The first-order valence-electron chi connectivity index (χ1n) is 6.87. The first-order valence-corrected chi connectivity index (χ1v) is 6.87. The van der Waals surface area contributed by atoms with Crippen molar-refractivity contribution in [3.05, 3.63) is 0 Å². The minimum atomic E-state index is -0.254. The van der Waals surface area contributed by atoms with Gasteiger partial charge in [0.25, 0.3) is 0 Å². The molecule has 0 spiro atoms. The summed E-state index contributed by atoms with van der Waals surface area (Å²) < 4.78 is 0. The van der Waals surface area contributed by atoms with Crippen LogP contribution in [0.4, 0.5) is 0 Å². The number of nitrogens with zero attached hydrogens (tertiary/aromatic N) is 2. The molecule has 1 atom stereocenters. The third kappa shape index (κ3) is 3.12. The molecular weight excluding hydrogens is 248 g/mol. The SMILES string of the molecule is O=C1CCCN1C(=O)CCC(=O)N1CCC[C@H]1CO. The number of likely N-dealkylation sites (tertiary alicyclic amines) is 2. The van der Waals surface area contributed by atoms with Crippen molar-refractivity contribution in [1.29, 1.82) is 0 Å². The Balaban J connectivity index is 1.80. The highest BCUT2D eigenvalue weighted by molar-refractivity contribution is 5.97. The lowest BCUT2D eigenvalue weighted by Crippen LogP contribution is -2.38. The number of aliphatic hydroxyl groups excluding tert-OH is 1. The summed E-state index contributed by atoms with van der Waals surface area (Å²) in [5, 5.41) is 9.16. The number of carbonyl (C=O) groups excluding carboxylic acids is 3. The third-order valence-corrected chi connectivity index (χ3v) is 3.84. The van der Waals surface area contributed by atoms with Crippen LogP contribution in [0.5, 0.6) is 0 Å². The Bertz CT molecular complexity index is 383. The van der Waals surface area contributed by atoms with Crippen LogP contribution >= 0.6 is 0 Å². The smallest absolute Gasteiger partial charge is 0.229 e. The molecule has 6 heteroatoms. The molecule has 2 saturated heterocycles. The molecule has 0 radical (unpaired) electrons. The predicted molar refractivity (Wildman–Crippen MR) is 67.0 cm³/mol. The van der Waals surface area contributed by atoms with Crippen LogP contribution in [0.15, 0.2) is 0 Å². The molecule has 0 unspecified atom stereocenters. The molecule has 19 heavy (non-hydrogen) atoms. The summed E-state index contributed by atoms with van der Waals surface area (Å²) in [5.41, 5.74) is 0. The van der Waals surface area contributed by atoms with Gasteiger partial charge in [-0.05, 0) is 19.3 Å². The fourth-order valence-electron chi connectivity index (χ4n) is 2.76. The zero-order valence-corrected chi connectivity index (χ0v) is 11.0. The molecule has 2 heterocycles. The van der Waals surface area contributed by atoms with Crippen molar-refractivity contribution >= 4 is 17.7 Å². The topological polar surface area (TPSA) is 77.9 Å². The van der Waals surface area contributed by atoms with Gasteiger partial charge in [-0.25, -0.2) is 0 Å². The average Bonchev–Trinajstić information content (AvgIpc) is 3.03. The second-order valence-electron chi connectivity index (χ2n) is 5.11. The largest absolute Gasteiger partial charge is 0.394 e. The second kappa shape index (κ2) is 6.14. The number of imide groups is 1. The number of amides is 3. The summed E-state index contributed by atoms with van der Waals surface area (Å²) in [6, 6.07) is -0.101. The van der Waals surface area contributed by atoms with Crippen LogP contribution in [0.25, 0.3) is 0 Å². The minimum Gasteiger partial charge on any atom is -0.394 e. The average molecular weight is 268 g/mol. The van der Waals surface area contributed by atoms with Gasteiger partial charge in [0.1, 0.15) is 0 Å². The van der Waals surface area contributed by atoms with Crippen LogP contribution in [0, 0.1) is 0 Å². The van der Waals surface area contributed by atoms with Gasteiger partial charge >= 0.3 is 0 Å². The van der Waals surface area contributed by atoms with Crippen LogP contribution in [0.2, 0.25) is 0 Å². The minimum absolute atomic E-state index is 0.0235. The van der Waals surface area contributed by atoms with E-state index in [1.54, 1.807) is 4.90 Å². The van der Waals surface area contributed by atoms with Crippen LogP contribution < -0.4 is 0 Å². The van der Waals surface area contributed by atoms with Gasteiger partial charge in [0, 0.05) is 32.4 Å². The van der Waals surface area contributed by atoms with E-state index in [-0.39, 0.29) is 43.2 Å². The zero-order chi connectivity index (χ0) is 13.8. The highest BCUT2D eigenvalue weighted by atomic mass is 16.3. The Morgan fingerprint density at radius 2 is 1.89 bits per heavy atom. The molecule has 6 nitrogen and oxygen atoms in total. The quantitative estimate of drug-likeness (QED) is 0.772. The van der Waals surface area contributed by atoms with E-state index in [1.807, 2.05) is 0 Å². The molecule has 0 saturated carbocycles. The van der Waals surface area contributed by atoms with E-state index in [0.29, 0.717) is 19.5 Å². The van der Waals surface area contributed by atoms with Crippen LogP contribution in [-0.2, 0) is 14.4 Å². The molecule has 0 aliphatic carbocycles. The van der Waals surface area contributed by atoms with Crippen molar-refractivity contribution < 1.29 is 19.5 Å². The number of rotatable bonds is 4. The molecule has 1 N–H and O–H groups in total. The van der Waals surface area contributed by atoms with Crippen molar-refractivity contribution in [2.24, 2.45) is 0 Å². The molecule has 2 rings (SSSR count). The maximum atomic E-state index is 12.0. The Morgan fingerprint density at radius 1 is 1.16 bits per heavy atom. The number of aliphatic hydroxyl groups is 1. The molecule has 106 valence electrons. The first kappa shape index (κ1) is 14.0. The summed E-state index contributed by atoms with van der Waals surface area (Å²) in [6.45, 7) is 1.11. The summed E-state index contributed by atoms with van der Waals surface area (Å²) in [6.07, 6.45) is 3.07. The van der Waals surface area contributed by atoms with Gasteiger partial charge < -0.3 is 10.0 Å². The lowest BCUT2D eigenvalue weighted by atomic mass is 10.2. The van der Waals surface area contributed by atoms with E-state index < -0.39 is 0 Å². The molecule has 0 aromatic rings. The Kier molecular flexibility index (Phi) is 4.52. The molecule has 0 aromatic carbocycles. The maximum absolute atomic E-state index is 12.0. The van der Waals surface area contributed by atoms with Crippen LogP contribution in [0.3, 0.4) is 0 Å². The standard InChI is InChI=1S/C13H20N2O4/c16-9-10-3-1-7-14(10)12(18)5-6-13(19)15-8-2-4-11(15)17/h10,16H,1-9H2/t10-/m0/s1. The third-order valence-electron chi connectivity index (χ3n) is 3.84. The summed E-state index contributed by atoms with van der Waals surface area (Å²) in [4.78, 5) is 38.1. The molecule has 0 aromatic heterocycles. The number of hydrogen-bond donors (Lipinski definition) is 1. The Hall–Kier alpha value is -1.43. The Morgan fingerprint density at radius 3 is 2.53 bits per heavy atom. The van der Waals surface area contributed by atoms with E-state index in [0.717, 1.165) is 19.3 Å². The number of carbonyl (C=O) groups is 3. The normalized spacial score (nSPS) is 23.2. The fourth-order valence-corrected chi connectivity index (χ4v) is 2.76. The van der Waals surface area contributed by atoms with E-state index in [1.165, 1.54) is 4.90 Å². The van der Waals surface area contributed by atoms with Gasteiger partial charge in [-0.15, -0.1) is 0 Å². The summed E-state index contributed by atoms with van der Waals surface area (Å²) in [7, 11) is 0. The highest BCUT2D eigenvalue weighted by Gasteiger charge is 2.30. The maximum Gasteiger partial charge on any atom is 0.229 e. The highest BCUT2D eigenvalue weighted by Crippen LogP contribution is 2.19. The van der Waals surface area contributed by atoms with Crippen molar-refractivity contribution in [1.82, 2.24) is 9.80 Å². The van der Waals surface area contributed by atoms with Crippen LogP contribution in [0.1, 0.15) is 38.5 Å². The molecule has 2 fully saturated rings. The van der Waals surface area contributed by atoms with Gasteiger partial charge in [-0.3, -0.25) is 19.3 Å². The lowest BCUT2D eigenvalue weighted by molar-refractivity contribution is -0.144. The summed E-state index contributed by atoms with van der Waals surface area (Å²) >= 11 is 0. The van der Waals surface area contributed by atoms with Crippen molar-refractivity contribution in [2.45, 2.75) is 44.6 Å². The monoisotopic (exact) mass is 268 g/mol. The molecule has 2 aliphatic heterocycles.